The zero-order chi connectivity index (χ0) is 23.7. The second-order valence-electron chi connectivity index (χ2n) is 9.29. The molecule has 3 aromatic rings. The summed E-state index contributed by atoms with van der Waals surface area (Å²) < 4.78 is 18.4. The first-order valence-corrected chi connectivity index (χ1v) is 12.3. The third-order valence-electron chi connectivity index (χ3n) is 5.95. The van der Waals surface area contributed by atoms with Gasteiger partial charge in [0.1, 0.15) is 0 Å². The molecule has 0 bridgehead atoms. The fraction of sp³-hybridized carbons (Fsp3) is 0.400. The molecule has 0 atom stereocenters. The van der Waals surface area contributed by atoms with Gasteiger partial charge in [-0.15, -0.1) is 10.2 Å². The fourth-order valence-corrected chi connectivity index (χ4v) is 4.81. The first kappa shape index (κ1) is 22.7. The average Bonchev–Trinajstić information content (AvgIpc) is 3.49. The number of fused-ring (bicyclic) bond motifs is 1. The summed E-state index contributed by atoms with van der Waals surface area (Å²) in [7, 11) is 0. The SMILES string of the molecule is CC(C)(C)c1ccc(-c2nnc(SCC(=O)N3CCOCC3)n2-c2ccc3c(c2)OCO3)cc1. The fourth-order valence-electron chi connectivity index (χ4n) is 3.96. The molecule has 8 nitrogen and oxygen atoms in total. The van der Waals surface area contributed by atoms with Crippen LogP contribution in [-0.2, 0) is 14.9 Å². The van der Waals surface area contributed by atoms with E-state index in [1.165, 1.54) is 17.3 Å². The largest absolute Gasteiger partial charge is 0.454 e. The molecule has 2 aromatic carbocycles. The number of hydrogen-bond acceptors (Lipinski definition) is 7. The average molecular weight is 481 g/mol. The van der Waals surface area contributed by atoms with Crippen molar-refractivity contribution in [1.29, 1.82) is 0 Å². The molecule has 3 heterocycles. The molecule has 0 saturated carbocycles. The minimum absolute atomic E-state index is 0.0599. The van der Waals surface area contributed by atoms with Gasteiger partial charge in [-0.05, 0) is 23.1 Å². The van der Waals surface area contributed by atoms with Crippen LogP contribution in [0.2, 0.25) is 0 Å². The van der Waals surface area contributed by atoms with Crippen molar-refractivity contribution in [3.8, 4) is 28.6 Å². The van der Waals surface area contributed by atoms with Crippen LogP contribution in [0.5, 0.6) is 11.5 Å². The normalized spacial score (nSPS) is 15.6. The molecule has 1 amide bonds. The Morgan fingerprint density at radius 3 is 2.47 bits per heavy atom. The lowest BCUT2D eigenvalue weighted by Gasteiger charge is -2.26. The van der Waals surface area contributed by atoms with Crippen molar-refractivity contribution in [1.82, 2.24) is 19.7 Å². The molecular formula is C25H28N4O4S. The van der Waals surface area contributed by atoms with Crippen molar-refractivity contribution in [2.45, 2.75) is 31.3 Å². The second kappa shape index (κ2) is 9.31. The molecule has 1 saturated heterocycles. The van der Waals surface area contributed by atoms with Crippen molar-refractivity contribution in [3.63, 3.8) is 0 Å². The maximum atomic E-state index is 12.7. The van der Waals surface area contributed by atoms with Crippen LogP contribution in [0.25, 0.3) is 17.1 Å². The van der Waals surface area contributed by atoms with Crippen LogP contribution >= 0.6 is 11.8 Å². The smallest absolute Gasteiger partial charge is 0.233 e. The summed E-state index contributed by atoms with van der Waals surface area (Å²) in [6, 6.07) is 14.2. The van der Waals surface area contributed by atoms with E-state index in [-0.39, 0.29) is 23.9 Å². The lowest BCUT2D eigenvalue weighted by molar-refractivity contribution is -0.132. The Labute approximate surface area is 203 Å². The van der Waals surface area contributed by atoms with Crippen molar-refractivity contribution < 1.29 is 19.0 Å². The number of morpholine rings is 1. The Hall–Kier alpha value is -3.04. The van der Waals surface area contributed by atoms with Gasteiger partial charge in [-0.1, -0.05) is 56.8 Å². The molecule has 2 aliphatic rings. The molecule has 0 radical (unpaired) electrons. The van der Waals surface area contributed by atoms with E-state index in [0.717, 1.165) is 11.3 Å². The minimum Gasteiger partial charge on any atom is -0.454 e. The Balaban J connectivity index is 1.48. The number of thioether (sulfide) groups is 1. The maximum Gasteiger partial charge on any atom is 0.233 e. The van der Waals surface area contributed by atoms with E-state index in [0.29, 0.717) is 48.8 Å². The van der Waals surface area contributed by atoms with E-state index in [1.54, 1.807) is 0 Å². The lowest BCUT2D eigenvalue weighted by atomic mass is 9.87. The summed E-state index contributed by atoms with van der Waals surface area (Å²) >= 11 is 1.39. The highest BCUT2D eigenvalue weighted by atomic mass is 32.2. The summed E-state index contributed by atoms with van der Waals surface area (Å²) in [4.78, 5) is 14.6. The van der Waals surface area contributed by atoms with Crippen LogP contribution in [-0.4, -0.2) is 64.4 Å². The van der Waals surface area contributed by atoms with Crippen LogP contribution in [0.1, 0.15) is 26.3 Å². The van der Waals surface area contributed by atoms with Crippen molar-refractivity contribution >= 4 is 17.7 Å². The van der Waals surface area contributed by atoms with Crippen molar-refractivity contribution in [3.05, 3.63) is 48.0 Å². The number of amides is 1. The second-order valence-corrected chi connectivity index (χ2v) is 10.2. The van der Waals surface area contributed by atoms with Crippen molar-refractivity contribution in [2.75, 3.05) is 38.8 Å². The van der Waals surface area contributed by atoms with Crippen molar-refractivity contribution in [2.24, 2.45) is 0 Å². The number of ether oxygens (including phenoxy) is 3. The molecular weight excluding hydrogens is 452 g/mol. The summed E-state index contributed by atoms with van der Waals surface area (Å²) in [5.74, 6) is 2.46. The van der Waals surface area contributed by atoms with E-state index < -0.39 is 0 Å². The molecule has 0 spiro atoms. The van der Waals surface area contributed by atoms with Gasteiger partial charge in [-0.2, -0.15) is 0 Å². The number of benzene rings is 2. The Bertz CT molecular complexity index is 1180. The van der Waals surface area contributed by atoms with E-state index in [2.05, 4.69) is 55.2 Å². The molecule has 9 heteroatoms. The van der Waals surface area contributed by atoms with Crippen LogP contribution in [0.3, 0.4) is 0 Å². The highest BCUT2D eigenvalue weighted by Crippen LogP contribution is 2.36. The van der Waals surface area contributed by atoms with Crippen LogP contribution < -0.4 is 9.47 Å². The van der Waals surface area contributed by atoms with Gasteiger partial charge in [-0.3, -0.25) is 9.36 Å². The number of hydrogen-bond donors (Lipinski definition) is 0. The quantitative estimate of drug-likeness (QED) is 0.512. The van der Waals surface area contributed by atoms with E-state index in [4.69, 9.17) is 14.2 Å². The van der Waals surface area contributed by atoms with Gasteiger partial charge < -0.3 is 19.1 Å². The minimum atomic E-state index is 0.0599. The highest BCUT2D eigenvalue weighted by molar-refractivity contribution is 7.99. The van der Waals surface area contributed by atoms with Crippen LogP contribution in [0, 0.1) is 0 Å². The lowest BCUT2D eigenvalue weighted by Crippen LogP contribution is -2.41. The molecule has 1 fully saturated rings. The first-order chi connectivity index (χ1) is 16.4. The number of aromatic nitrogens is 3. The topological polar surface area (TPSA) is 78.7 Å². The Morgan fingerprint density at radius 1 is 1.00 bits per heavy atom. The zero-order valence-corrected chi connectivity index (χ0v) is 20.4. The maximum absolute atomic E-state index is 12.7. The molecule has 2 aliphatic heterocycles. The van der Waals surface area contributed by atoms with Crippen LogP contribution in [0.4, 0.5) is 0 Å². The van der Waals surface area contributed by atoms with Gasteiger partial charge in [0, 0.05) is 24.7 Å². The highest BCUT2D eigenvalue weighted by Gasteiger charge is 2.23. The third kappa shape index (κ3) is 4.63. The van der Waals surface area contributed by atoms with E-state index >= 15 is 0 Å². The summed E-state index contributed by atoms with van der Waals surface area (Å²) in [5.41, 5.74) is 3.11. The zero-order valence-electron chi connectivity index (χ0n) is 19.6. The summed E-state index contributed by atoms with van der Waals surface area (Å²) in [6.07, 6.45) is 0. The van der Waals surface area contributed by atoms with Gasteiger partial charge in [-0.25, -0.2) is 0 Å². The molecule has 0 N–H and O–H groups in total. The predicted octanol–water partition coefficient (Wildman–Crippen LogP) is 3.91. The van der Waals surface area contributed by atoms with Gasteiger partial charge in [0.2, 0.25) is 12.7 Å². The van der Waals surface area contributed by atoms with Crippen LogP contribution in [0.15, 0.2) is 47.6 Å². The molecule has 1 aromatic heterocycles. The van der Waals surface area contributed by atoms with E-state index in [1.807, 2.05) is 27.7 Å². The predicted molar refractivity (Wildman–Crippen MR) is 130 cm³/mol. The molecule has 0 aliphatic carbocycles. The van der Waals surface area contributed by atoms with E-state index in [9.17, 15) is 4.79 Å². The van der Waals surface area contributed by atoms with Gasteiger partial charge in [0.25, 0.3) is 0 Å². The Kier molecular flexibility index (Phi) is 6.22. The molecule has 0 unspecified atom stereocenters. The molecule has 178 valence electrons. The number of nitrogens with zero attached hydrogens (tertiary/aromatic N) is 4. The first-order valence-electron chi connectivity index (χ1n) is 11.3. The Morgan fingerprint density at radius 2 is 1.74 bits per heavy atom. The molecule has 5 rings (SSSR count). The summed E-state index contributed by atoms with van der Waals surface area (Å²) in [5, 5.41) is 9.62. The van der Waals surface area contributed by atoms with Gasteiger partial charge >= 0.3 is 0 Å². The number of carbonyl (C=O) groups excluding carboxylic acids is 1. The third-order valence-corrected chi connectivity index (χ3v) is 6.86. The standard InChI is InChI=1S/C25H28N4O4S/c1-25(2,3)18-6-4-17(5-7-18)23-26-27-24(34-15-22(30)28-10-12-31-13-11-28)29(23)19-8-9-20-21(14-19)33-16-32-20/h4-9,14H,10-13,15-16H2,1-3H3. The number of carbonyl (C=O) groups is 1. The van der Waals surface area contributed by atoms with Gasteiger partial charge in [0.05, 0.1) is 24.7 Å². The van der Waals surface area contributed by atoms with Gasteiger partial charge in [0.15, 0.2) is 22.5 Å². The molecule has 34 heavy (non-hydrogen) atoms. The summed E-state index contributed by atoms with van der Waals surface area (Å²) in [6.45, 7) is 9.19. The number of rotatable bonds is 5. The monoisotopic (exact) mass is 480 g/mol.